The Labute approximate surface area is 131 Å². The first-order valence-corrected chi connectivity index (χ1v) is 8.11. The second kappa shape index (κ2) is 6.86. The van der Waals surface area contributed by atoms with Gasteiger partial charge in [0.15, 0.2) is 5.17 Å². The van der Waals surface area contributed by atoms with Crippen molar-refractivity contribution in [2.45, 2.75) is 32.4 Å². The van der Waals surface area contributed by atoms with E-state index in [1.807, 2.05) is 32.2 Å². The number of carbonyl (C=O) groups is 2. The number of nitrogens with zero attached hydrogens (tertiary/aromatic N) is 2. The van der Waals surface area contributed by atoms with E-state index < -0.39 is 5.25 Å². The molecule has 2 heterocycles. The van der Waals surface area contributed by atoms with Gasteiger partial charge in [0, 0.05) is 12.1 Å². The number of rotatable bonds is 4. The Morgan fingerprint density at radius 1 is 1.48 bits per heavy atom. The lowest BCUT2D eigenvalue weighted by Gasteiger charge is -2.05. The molecule has 2 N–H and O–H groups in total. The Morgan fingerprint density at radius 2 is 2.24 bits per heavy atom. The van der Waals surface area contributed by atoms with Crippen LogP contribution in [0.5, 0.6) is 0 Å². The molecule has 1 aromatic heterocycles. The van der Waals surface area contributed by atoms with E-state index in [9.17, 15) is 9.59 Å². The van der Waals surface area contributed by atoms with Crippen LogP contribution in [0.2, 0.25) is 0 Å². The lowest BCUT2D eigenvalue weighted by Crippen LogP contribution is -2.27. The van der Waals surface area contributed by atoms with E-state index in [0.717, 1.165) is 16.3 Å². The highest BCUT2D eigenvalue weighted by Crippen LogP contribution is 2.24. The molecule has 1 fully saturated rings. The smallest absolute Gasteiger partial charge is 0.240 e. The molecule has 2 amide bonds. The highest BCUT2D eigenvalue weighted by atomic mass is 32.2. The van der Waals surface area contributed by atoms with Crippen LogP contribution >= 0.6 is 23.1 Å². The normalized spacial score (nSPS) is 19.5. The van der Waals surface area contributed by atoms with Crippen LogP contribution in [0, 0.1) is 6.92 Å². The van der Waals surface area contributed by atoms with Gasteiger partial charge in [-0.25, -0.2) is 0 Å². The highest BCUT2D eigenvalue weighted by Gasteiger charge is 2.32. The predicted octanol–water partition coefficient (Wildman–Crippen LogP) is 2.37. The summed E-state index contributed by atoms with van der Waals surface area (Å²) in [5, 5.41) is 16.0. The summed E-state index contributed by atoms with van der Waals surface area (Å²) in [6.07, 6.45) is 0.112. The molecule has 1 saturated heterocycles. The molecule has 6 nitrogen and oxygen atoms in total. The van der Waals surface area contributed by atoms with Crippen LogP contribution < -0.4 is 10.6 Å². The molecule has 8 heteroatoms. The summed E-state index contributed by atoms with van der Waals surface area (Å²) in [7, 11) is 0. The van der Waals surface area contributed by atoms with Crippen molar-refractivity contribution in [3.05, 3.63) is 17.0 Å². The number of carbonyl (C=O) groups excluding carboxylic acids is 2. The van der Waals surface area contributed by atoms with Crippen molar-refractivity contribution in [3.63, 3.8) is 0 Å². The molecular weight excluding hydrogens is 308 g/mol. The summed E-state index contributed by atoms with van der Waals surface area (Å²) < 4.78 is 0. The molecule has 0 spiro atoms. The van der Waals surface area contributed by atoms with E-state index in [0.29, 0.717) is 5.17 Å². The number of hydrogen-bond donors (Lipinski definition) is 2. The summed E-state index contributed by atoms with van der Waals surface area (Å²) in [6, 6.07) is 1.90. The van der Waals surface area contributed by atoms with Crippen LogP contribution in [0.4, 0.5) is 5.00 Å². The van der Waals surface area contributed by atoms with Crippen molar-refractivity contribution in [2.24, 2.45) is 10.2 Å². The Bertz CT molecular complexity index is 617. The first kappa shape index (κ1) is 15.7. The Kier molecular flexibility index (Phi) is 5.13. The average Bonchev–Trinajstić information content (AvgIpc) is 2.94. The van der Waals surface area contributed by atoms with Crippen LogP contribution in [0.15, 0.2) is 21.6 Å². The maximum atomic E-state index is 11.9. The predicted molar refractivity (Wildman–Crippen MR) is 88.0 cm³/mol. The summed E-state index contributed by atoms with van der Waals surface area (Å²) >= 11 is 2.70. The molecule has 1 unspecified atom stereocenters. The van der Waals surface area contributed by atoms with Crippen molar-refractivity contribution in [3.8, 4) is 0 Å². The minimum Gasteiger partial charge on any atom is -0.318 e. The van der Waals surface area contributed by atoms with Crippen molar-refractivity contribution >= 4 is 50.8 Å². The van der Waals surface area contributed by atoms with Gasteiger partial charge >= 0.3 is 0 Å². The van der Waals surface area contributed by atoms with Gasteiger partial charge in [-0.2, -0.15) is 5.10 Å². The van der Waals surface area contributed by atoms with Gasteiger partial charge in [0.05, 0.1) is 5.00 Å². The minimum atomic E-state index is -0.461. The third kappa shape index (κ3) is 4.68. The number of hydrogen-bond acceptors (Lipinski definition) is 6. The second-order valence-corrected chi connectivity index (χ2v) is 6.89. The molecule has 0 saturated carbocycles. The topological polar surface area (TPSA) is 82.9 Å². The molecule has 1 aromatic rings. The van der Waals surface area contributed by atoms with Crippen LogP contribution in [0.3, 0.4) is 0 Å². The number of amides is 2. The maximum Gasteiger partial charge on any atom is 0.240 e. The fraction of sp³-hybridized carbons (Fsp3) is 0.385. The number of thioether (sulfide) groups is 1. The Hall–Kier alpha value is -1.67. The zero-order valence-corrected chi connectivity index (χ0v) is 13.6. The van der Waals surface area contributed by atoms with E-state index >= 15 is 0 Å². The first-order chi connectivity index (χ1) is 9.94. The largest absolute Gasteiger partial charge is 0.318 e. The monoisotopic (exact) mass is 324 g/mol. The van der Waals surface area contributed by atoms with Gasteiger partial charge < -0.3 is 10.6 Å². The molecule has 0 radical (unpaired) electrons. The van der Waals surface area contributed by atoms with Crippen molar-refractivity contribution < 1.29 is 9.59 Å². The molecule has 21 heavy (non-hydrogen) atoms. The summed E-state index contributed by atoms with van der Waals surface area (Å²) in [4.78, 5) is 23.7. The quantitative estimate of drug-likeness (QED) is 0.659. The molecule has 0 aliphatic carbocycles. The third-order valence-electron chi connectivity index (χ3n) is 2.48. The molecule has 1 aliphatic rings. The molecule has 1 atom stereocenters. The van der Waals surface area contributed by atoms with E-state index in [-0.39, 0.29) is 18.2 Å². The summed E-state index contributed by atoms with van der Waals surface area (Å²) in [5.74, 6) is -0.388. The number of amidine groups is 1. The van der Waals surface area contributed by atoms with Crippen molar-refractivity contribution in [2.75, 3.05) is 5.32 Å². The van der Waals surface area contributed by atoms with Gasteiger partial charge in [0.25, 0.3) is 0 Å². The average molecular weight is 324 g/mol. The van der Waals surface area contributed by atoms with Gasteiger partial charge in [-0.15, -0.1) is 16.4 Å². The Balaban J connectivity index is 1.91. The van der Waals surface area contributed by atoms with Crippen LogP contribution in [-0.4, -0.2) is 27.9 Å². The minimum absolute atomic E-state index is 0.112. The van der Waals surface area contributed by atoms with Gasteiger partial charge in [-0.1, -0.05) is 11.8 Å². The number of thiophene rings is 1. The fourth-order valence-electron chi connectivity index (χ4n) is 1.59. The van der Waals surface area contributed by atoms with Crippen molar-refractivity contribution in [1.82, 2.24) is 5.32 Å². The molecule has 0 aromatic carbocycles. The molecule has 2 rings (SSSR count). The Morgan fingerprint density at radius 3 is 2.86 bits per heavy atom. The van der Waals surface area contributed by atoms with E-state index in [1.54, 1.807) is 0 Å². The zero-order chi connectivity index (χ0) is 15.4. The van der Waals surface area contributed by atoms with Crippen molar-refractivity contribution in [1.29, 1.82) is 0 Å². The maximum absolute atomic E-state index is 11.9. The number of nitrogens with one attached hydrogen (secondary N) is 2. The SMILES string of the molecule is CC(C)=NN=C1NC(=O)C(CC(=O)Nc2cc(C)cs2)S1. The van der Waals surface area contributed by atoms with Gasteiger partial charge in [0.1, 0.15) is 5.25 Å². The second-order valence-electron chi connectivity index (χ2n) is 4.79. The van der Waals surface area contributed by atoms with Crippen LogP contribution in [0.25, 0.3) is 0 Å². The number of aryl methyl sites for hydroxylation is 1. The van der Waals surface area contributed by atoms with Gasteiger partial charge in [-0.05, 0) is 37.8 Å². The summed E-state index contributed by atoms with van der Waals surface area (Å²) in [5.41, 5.74) is 1.90. The lowest BCUT2D eigenvalue weighted by atomic mass is 10.2. The van der Waals surface area contributed by atoms with Gasteiger partial charge in [0.2, 0.25) is 11.8 Å². The highest BCUT2D eigenvalue weighted by molar-refractivity contribution is 8.15. The van der Waals surface area contributed by atoms with Gasteiger partial charge in [-0.3, -0.25) is 9.59 Å². The standard InChI is InChI=1S/C13H16N4O2S2/c1-7(2)16-17-13-15-12(19)9(21-13)5-10(18)14-11-4-8(3)6-20-11/h4,6,9H,5H2,1-3H3,(H,14,18)(H,15,17,19). The first-order valence-electron chi connectivity index (χ1n) is 6.35. The fourth-order valence-corrected chi connectivity index (χ4v) is 3.31. The van der Waals surface area contributed by atoms with Crippen LogP contribution in [-0.2, 0) is 9.59 Å². The third-order valence-corrected chi connectivity index (χ3v) is 4.52. The summed E-state index contributed by atoms with van der Waals surface area (Å²) in [6.45, 7) is 5.60. The van der Waals surface area contributed by atoms with E-state index in [2.05, 4.69) is 20.8 Å². The van der Waals surface area contributed by atoms with E-state index in [4.69, 9.17) is 0 Å². The van der Waals surface area contributed by atoms with E-state index in [1.165, 1.54) is 23.1 Å². The molecule has 1 aliphatic heterocycles. The molecular formula is C13H16N4O2S2. The van der Waals surface area contributed by atoms with Crippen LogP contribution in [0.1, 0.15) is 25.8 Å². The zero-order valence-electron chi connectivity index (χ0n) is 12.0. The molecule has 112 valence electrons. The number of anilines is 1. The lowest BCUT2D eigenvalue weighted by molar-refractivity contribution is -0.122. The molecule has 0 bridgehead atoms.